The molecule has 0 spiro atoms. The highest BCUT2D eigenvalue weighted by Gasteiger charge is 2.25. The van der Waals surface area contributed by atoms with Crippen LogP contribution in [0.4, 0.5) is 5.69 Å². The minimum Gasteiger partial charge on any atom is -1.00 e. The highest BCUT2D eigenvalue weighted by atomic mass is 35.5. The maximum Gasteiger partial charge on any atom is 0.132 e. The lowest BCUT2D eigenvalue weighted by molar-refractivity contribution is -0.00000615. The second-order valence-corrected chi connectivity index (χ2v) is 8.79. The fourth-order valence-corrected chi connectivity index (χ4v) is 4.56. The number of nitrogens with zero attached hydrogens (tertiary/aromatic N) is 1. The standard InChI is InChI=1S/C27H50N.ClH/c1-4-7-8-9-10-11-12-13-14-15-16-17-18-19-23-26-28(5-2,6-3)27-24-21-20-22-25-27;/h20-22,24-25H,4-19,23,26H2,1-3H3;1H/q+1;/p-1. The molecule has 0 bridgehead atoms. The molecule has 0 N–H and O–H groups in total. The zero-order valence-corrected chi connectivity index (χ0v) is 20.7. The summed E-state index contributed by atoms with van der Waals surface area (Å²) >= 11 is 0. The van der Waals surface area contributed by atoms with E-state index in [2.05, 4.69) is 51.1 Å². The molecule has 0 unspecified atom stereocenters. The number of para-hydroxylation sites is 1. The van der Waals surface area contributed by atoms with Crippen molar-refractivity contribution in [3.8, 4) is 0 Å². The van der Waals surface area contributed by atoms with Crippen molar-refractivity contribution in [3.05, 3.63) is 30.3 Å². The summed E-state index contributed by atoms with van der Waals surface area (Å²) in [4.78, 5) is 0. The monoisotopic (exact) mass is 423 g/mol. The Morgan fingerprint density at radius 2 is 0.897 bits per heavy atom. The minimum atomic E-state index is 0. The van der Waals surface area contributed by atoms with Crippen molar-refractivity contribution in [3.63, 3.8) is 0 Å². The summed E-state index contributed by atoms with van der Waals surface area (Å²) in [7, 11) is 0. The van der Waals surface area contributed by atoms with E-state index in [1.165, 1.54) is 122 Å². The highest BCUT2D eigenvalue weighted by molar-refractivity contribution is 5.42. The zero-order valence-electron chi connectivity index (χ0n) is 19.9. The molecule has 0 atom stereocenters. The summed E-state index contributed by atoms with van der Waals surface area (Å²) in [6, 6.07) is 11.2. The molecule has 0 saturated heterocycles. The molecule has 0 radical (unpaired) electrons. The predicted octanol–water partition coefficient (Wildman–Crippen LogP) is 5.91. The number of hydrogen-bond acceptors (Lipinski definition) is 0. The van der Waals surface area contributed by atoms with Crippen LogP contribution in [0, 0.1) is 0 Å². The molecule has 0 aliphatic rings. The number of hydrogen-bond donors (Lipinski definition) is 0. The predicted molar refractivity (Wildman–Crippen MR) is 129 cm³/mol. The van der Waals surface area contributed by atoms with Crippen molar-refractivity contribution in [2.45, 2.75) is 117 Å². The van der Waals surface area contributed by atoms with Crippen LogP contribution < -0.4 is 16.9 Å². The Balaban J connectivity index is 0.00000784. The van der Waals surface area contributed by atoms with Gasteiger partial charge in [-0.15, -0.1) is 0 Å². The third kappa shape index (κ3) is 12.7. The summed E-state index contributed by atoms with van der Waals surface area (Å²) in [5, 5.41) is 0. The molecule has 2 heteroatoms. The molecule has 0 fully saturated rings. The second-order valence-electron chi connectivity index (χ2n) is 8.79. The summed E-state index contributed by atoms with van der Waals surface area (Å²) < 4.78 is 1.15. The topological polar surface area (TPSA) is 0 Å². The van der Waals surface area contributed by atoms with Crippen LogP contribution in [0.2, 0.25) is 0 Å². The maximum absolute atomic E-state index is 2.35. The molecule has 1 rings (SSSR count). The Bertz CT molecular complexity index is 441. The van der Waals surface area contributed by atoms with Crippen LogP contribution in [0.15, 0.2) is 30.3 Å². The lowest BCUT2D eigenvalue weighted by atomic mass is 10.0. The third-order valence-electron chi connectivity index (χ3n) is 6.70. The van der Waals surface area contributed by atoms with Gasteiger partial charge in [-0.1, -0.05) is 109 Å². The van der Waals surface area contributed by atoms with Gasteiger partial charge >= 0.3 is 0 Å². The van der Waals surface area contributed by atoms with Gasteiger partial charge in [-0.3, -0.25) is 4.48 Å². The average molecular weight is 424 g/mol. The number of quaternary nitrogens is 1. The summed E-state index contributed by atoms with van der Waals surface area (Å²) in [6.07, 6.45) is 21.6. The van der Waals surface area contributed by atoms with Gasteiger partial charge in [0, 0.05) is 0 Å². The van der Waals surface area contributed by atoms with Crippen molar-refractivity contribution >= 4 is 5.69 Å². The van der Waals surface area contributed by atoms with E-state index in [1.54, 1.807) is 0 Å². The lowest BCUT2D eigenvalue weighted by Gasteiger charge is -2.36. The first kappa shape index (κ1) is 28.5. The molecule has 29 heavy (non-hydrogen) atoms. The number of benzene rings is 1. The van der Waals surface area contributed by atoms with Crippen molar-refractivity contribution in [2.24, 2.45) is 0 Å². The van der Waals surface area contributed by atoms with Crippen molar-refractivity contribution in [2.75, 3.05) is 19.6 Å². The van der Waals surface area contributed by atoms with E-state index in [4.69, 9.17) is 0 Å². The molecule has 0 aromatic heterocycles. The van der Waals surface area contributed by atoms with Crippen LogP contribution in [0.5, 0.6) is 0 Å². The Hall–Kier alpha value is -0.530. The zero-order chi connectivity index (χ0) is 20.3. The number of rotatable bonds is 19. The highest BCUT2D eigenvalue weighted by Crippen LogP contribution is 2.24. The number of halogens is 1. The Morgan fingerprint density at radius 3 is 1.28 bits per heavy atom. The van der Waals surface area contributed by atoms with Crippen molar-refractivity contribution in [1.29, 1.82) is 0 Å². The smallest absolute Gasteiger partial charge is 0.132 e. The summed E-state index contributed by atoms with van der Waals surface area (Å²) in [5.41, 5.74) is 1.50. The van der Waals surface area contributed by atoms with Crippen LogP contribution in [-0.4, -0.2) is 19.6 Å². The van der Waals surface area contributed by atoms with E-state index >= 15 is 0 Å². The van der Waals surface area contributed by atoms with Crippen molar-refractivity contribution < 1.29 is 12.4 Å². The van der Waals surface area contributed by atoms with Crippen LogP contribution in [0.25, 0.3) is 0 Å². The molecular formula is C27H50ClN. The average Bonchev–Trinajstić information content (AvgIpc) is 2.74. The molecule has 0 aliphatic heterocycles. The van der Waals surface area contributed by atoms with Gasteiger partial charge in [0.15, 0.2) is 0 Å². The Kier molecular flexibility index (Phi) is 19.1. The normalized spacial score (nSPS) is 11.4. The maximum atomic E-state index is 2.35. The molecule has 0 aliphatic carbocycles. The van der Waals surface area contributed by atoms with Crippen LogP contribution in [0.1, 0.15) is 117 Å². The lowest BCUT2D eigenvalue weighted by Crippen LogP contribution is -3.00. The van der Waals surface area contributed by atoms with E-state index in [9.17, 15) is 0 Å². The first-order chi connectivity index (χ1) is 13.8. The molecule has 170 valence electrons. The van der Waals surface area contributed by atoms with Gasteiger partial charge in [-0.05, 0) is 38.8 Å². The third-order valence-corrected chi connectivity index (χ3v) is 6.70. The van der Waals surface area contributed by atoms with E-state index in [0.717, 1.165) is 4.48 Å². The van der Waals surface area contributed by atoms with Crippen LogP contribution >= 0.6 is 0 Å². The first-order valence-corrected chi connectivity index (χ1v) is 12.7. The molecule has 1 nitrogen and oxygen atoms in total. The summed E-state index contributed by atoms with van der Waals surface area (Å²) in [5.74, 6) is 0. The van der Waals surface area contributed by atoms with E-state index in [0.29, 0.717) is 0 Å². The molecule has 1 aromatic carbocycles. The molecule has 0 saturated carbocycles. The van der Waals surface area contributed by atoms with E-state index < -0.39 is 0 Å². The Morgan fingerprint density at radius 1 is 0.517 bits per heavy atom. The van der Waals surface area contributed by atoms with Gasteiger partial charge < -0.3 is 12.4 Å². The largest absolute Gasteiger partial charge is 1.00 e. The number of unbranched alkanes of at least 4 members (excludes halogenated alkanes) is 14. The van der Waals surface area contributed by atoms with Gasteiger partial charge in [0.25, 0.3) is 0 Å². The molecule has 1 aromatic rings. The second kappa shape index (κ2) is 19.4. The van der Waals surface area contributed by atoms with E-state index in [-0.39, 0.29) is 12.4 Å². The molecule has 0 heterocycles. The van der Waals surface area contributed by atoms with Crippen LogP contribution in [0.3, 0.4) is 0 Å². The quantitative estimate of drug-likeness (QED) is 0.191. The SMILES string of the molecule is CCCCCCCCCCCCCCCCC[N+](CC)(CC)c1ccccc1.[Cl-]. The molecular weight excluding hydrogens is 374 g/mol. The first-order valence-electron chi connectivity index (χ1n) is 12.7. The van der Waals surface area contributed by atoms with Gasteiger partial charge in [0.2, 0.25) is 0 Å². The fraction of sp³-hybridized carbons (Fsp3) is 0.778. The summed E-state index contributed by atoms with van der Waals surface area (Å²) in [6.45, 7) is 10.7. The molecule has 0 amide bonds. The minimum absolute atomic E-state index is 0. The van der Waals surface area contributed by atoms with E-state index in [1.807, 2.05) is 0 Å². The van der Waals surface area contributed by atoms with Crippen molar-refractivity contribution in [1.82, 2.24) is 4.48 Å². The fourth-order valence-electron chi connectivity index (χ4n) is 4.56. The Labute approximate surface area is 189 Å². The van der Waals surface area contributed by atoms with Gasteiger partial charge in [0.1, 0.15) is 5.69 Å². The van der Waals surface area contributed by atoms with Gasteiger partial charge in [-0.25, -0.2) is 0 Å². The van der Waals surface area contributed by atoms with Crippen LogP contribution in [-0.2, 0) is 0 Å². The van der Waals surface area contributed by atoms with Gasteiger partial charge in [0.05, 0.1) is 19.6 Å². The van der Waals surface area contributed by atoms with Gasteiger partial charge in [-0.2, -0.15) is 0 Å².